The van der Waals surface area contributed by atoms with Crippen LogP contribution in [0.15, 0.2) is 24.3 Å². The molecule has 1 aliphatic rings. The molecule has 1 heterocycles. The van der Waals surface area contributed by atoms with E-state index in [2.05, 4.69) is 13.8 Å². The van der Waals surface area contributed by atoms with Crippen LogP contribution in [-0.2, 0) is 9.59 Å². The third-order valence-corrected chi connectivity index (χ3v) is 3.86. The molecule has 0 saturated carbocycles. The SMILES string of the molecule is CC[C@H](C)c1ccc(N2C[C@H](C(=O)O)CC2=O)cc1. The zero-order valence-electron chi connectivity index (χ0n) is 11.3. The van der Waals surface area contributed by atoms with Crippen LogP contribution < -0.4 is 4.90 Å². The fourth-order valence-electron chi connectivity index (χ4n) is 2.34. The Morgan fingerprint density at radius 3 is 2.53 bits per heavy atom. The van der Waals surface area contributed by atoms with E-state index in [0.717, 1.165) is 12.1 Å². The average Bonchev–Trinajstić information content (AvgIpc) is 2.80. The number of anilines is 1. The Balaban J connectivity index is 2.14. The highest BCUT2D eigenvalue weighted by atomic mass is 16.4. The molecule has 0 unspecified atom stereocenters. The first-order valence-electron chi connectivity index (χ1n) is 6.66. The van der Waals surface area contributed by atoms with E-state index in [1.807, 2.05) is 24.3 Å². The van der Waals surface area contributed by atoms with Gasteiger partial charge in [-0.15, -0.1) is 0 Å². The predicted molar refractivity (Wildman–Crippen MR) is 73.2 cm³/mol. The van der Waals surface area contributed by atoms with Crippen LogP contribution in [0.5, 0.6) is 0 Å². The molecule has 2 rings (SSSR count). The van der Waals surface area contributed by atoms with Crippen LogP contribution in [-0.4, -0.2) is 23.5 Å². The number of benzene rings is 1. The Morgan fingerprint density at radius 1 is 1.42 bits per heavy atom. The Kier molecular flexibility index (Phi) is 3.88. The molecule has 0 aromatic heterocycles. The molecule has 1 amide bonds. The highest BCUT2D eigenvalue weighted by molar-refractivity contribution is 5.99. The summed E-state index contributed by atoms with van der Waals surface area (Å²) in [7, 11) is 0. The third kappa shape index (κ3) is 2.78. The molecule has 1 N–H and O–H groups in total. The molecular formula is C15H19NO3. The number of carboxylic acids is 1. The smallest absolute Gasteiger partial charge is 0.308 e. The van der Waals surface area contributed by atoms with E-state index in [4.69, 9.17) is 5.11 Å². The van der Waals surface area contributed by atoms with Crippen molar-refractivity contribution >= 4 is 17.6 Å². The maximum Gasteiger partial charge on any atom is 0.308 e. The third-order valence-electron chi connectivity index (χ3n) is 3.86. The van der Waals surface area contributed by atoms with Gasteiger partial charge in [-0.2, -0.15) is 0 Å². The van der Waals surface area contributed by atoms with Gasteiger partial charge in [-0.1, -0.05) is 26.0 Å². The molecule has 0 radical (unpaired) electrons. The van der Waals surface area contributed by atoms with Gasteiger partial charge >= 0.3 is 5.97 Å². The lowest BCUT2D eigenvalue weighted by atomic mass is 9.98. The van der Waals surface area contributed by atoms with Crippen LogP contribution in [0.2, 0.25) is 0 Å². The maximum atomic E-state index is 11.8. The van der Waals surface area contributed by atoms with Crippen molar-refractivity contribution in [3.05, 3.63) is 29.8 Å². The number of carbonyl (C=O) groups excluding carboxylic acids is 1. The molecule has 19 heavy (non-hydrogen) atoms. The minimum atomic E-state index is -0.896. The first-order chi connectivity index (χ1) is 9.02. The first kappa shape index (κ1) is 13.6. The second-order valence-electron chi connectivity index (χ2n) is 5.14. The number of nitrogens with zero attached hydrogens (tertiary/aromatic N) is 1. The molecule has 102 valence electrons. The number of hydrogen-bond donors (Lipinski definition) is 1. The fraction of sp³-hybridized carbons (Fsp3) is 0.467. The van der Waals surface area contributed by atoms with Crippen molar-refractivity contribution in [3.8, 4) is 0 Å². The lowest BCUT2D eigenvalue weighted by Crippen LogP contribution is -2.25. The summed E-state index contributed by atoms with van der Waals surface area (Å²) in [6.45, 7) is 4.58. The quantitative estimate of drug-likeness (QED) is 0.906. The summed E-state index contributed by atoms with van der Waals surface area (Å²) in [6, 6.07) is 7.85. The molecule has 1 saturated heterocycles. The minimum Gasteiger partial charge on any atom is -0.481 e. The van der Waals surface area contributed by atoms with E-state index >= 15 is 0 Å². The number of aliphatic carboxylic acids is 1. The van der Waals surface area contributed by atoms with Crippen molar-refractivity contribution in [2.45, 2.75) is 32.6 Å². The van der Waals surface area contributed by atoms with Gasteiger partial charge in [0.1, 0.15) is 0 Å². The van der Waals surface area contributed by atoms with E-state index in [1.54, 1.807) is 4.90 Å². The monoisotopic (exact) mass is 261 g/mol. The van der Waals surface area contributed by atoms with E-state index in [1.165, 1.54) is 5.56 Å². The van der Waals surface area contributed by atoms with Gasteiger partial charge in [0.2, 0.25) is 5.91 Å². The van der Waals surface area contributed by atoms with Crippen LogP contribution in [0, 0.1) is 5.92 Å². The van der Waals surface area contributed by atoms with E-state index < -0.39 is 11.9 Å². The van der Waals surface area contributed by atoms with Crippen molar-refractivity contribution < 1.29 is 14.7 Å². The van der Waals surface area contributed by atoms with Crippen LogP contribution in [0.4, 0.5) is 5.69 Å². The first-order valence-corrected chi connectivity index (χ1v) is 6.66. The van der Waals surface area contributed by atoms with Gasteiger partial charge in [0.25, 0.3) is 0 Å². The molecule has 1 aliphatic heterocycles. The van der Waals surface area contributed by atoms with Gasteiger partial charge in [-0.05, 0) is 30.0 Å². The molecule has 1 aromatic rings. The summed E-state index contributed by atoms with van der Waals surface area (Å²) in [4.78, 5) is 24.3. The van der Waals surface area contributed by atoms with Gasteiger partial charge in [-0.3, -0.25) is 9.59 Å². The summed E-state index contributed by atoms with van der Waals surface area (Å²) in [5.41, 5.74) is 2.04. The summed E-state index contributed by atoms with van der Waals surface area (Å²) < 4.78 is 0. The predicted octanol–water partition coefficient (Wildman–Crippen LogP) is 2.64. The molecule has 4 nitrogen and oxygen atoms in total. The second kappa shape index (κ2) is 5.43. The second-order valence-corrected chi connectivity index (χ2v) is 5.14. The van der Waals surface area contributed by atoms with Crippen molar-refractivity contribution in [1.29, 1.82) is 0 Å². The topological polar surface area (TPSA) is 57.6 Å². The largest absolute Gasteiger partial charge is 0.481 e. The molecule has 0 spiro atoms. The number of rotatable bonds is 4. The highest BCUT2D eigenvalue weighted by Gasteiger charge is 2.34. The van der Waals surface area contributed by atoms with Crippen molar-refractivity contribution in [2.75, 3.05) is 11.4 Å². The Morgan fingerprint density at radius 2 is 2.05 bits per heavy atom. The number of amides is 1. The number of hydrogen-bond acceptors (Lipinski definition) is 2. The normalized spacial score (nSPS) is 20.6. The van der Waals surface area contributed by atoms with Gasteiger partial charge in [-0.25, -0.2) is 0 Å². The Labute approximate surface area is 113 Å². The minimum absolute atomic E-state index is 0.0997. The molecule has 2 atom stereocenters. The standard InChI is InChI=1S/C15H19NO3/c1-3-10(2)11-4-6-13(7-5-11)16-9-12(15(18)19)8-14(16)17/h4-7,10,12H,3,8-9H2,1-2H3,(H,18,19)/t10-,12+/m0/s1. The maximum absolute atomic E-state index is 11.8. The molecule has 0 bridgehead atoms. The molecule has 1 aromatic carbocycles. The Bertz CT molecular complexity index is 481. The fourth-order valence-corrected chi connectivity index (χ4v) is 2.34. The molecular weight excluding hydrogens is 242 g/mol. The van der Waals surface area contributed by atoms with E-state index in [9.17, 15) is 9.59 Å². The van der Waals surface area contributed by atoms with Crippen LogP contribution in [0.1, 0.15) is 38.2 Å². The van der Waals surface area contributed by atoms with Crippen molar-refractivity contribution in [2.24, 2.45) is 5.92 Å². The van der Waals surface area contributed by atoms with Crippen molar-refractivity contribution in [1.82, 2.24) is 0 Å². The molecule has 0 aliphatic carbocycles. The molecule has 1 fully saturated rings. The lowest BCUT2D eigenvalue weighted by molar-refractivity contribution is -0.141. The van der Waals surface area contributed by atoms with Gasteiger partial charge in [0, 0.05) is 18.7 Å². The summed E-state index contributed by atoms with van der Waals surface area (Å²) in [5, 5.41) is 8.97. The Hall–Kier alpha value is -1.84. The average molecular weight is 261 g/mol. The lowest BCUT2D eigenvalue weighted by Gasteiger charge is -2.17. The van der Waals surface area contributed by atoms with Gasteiger partial charge < -0.3 is 10.0 Å². The van der Waals surface area contributed by atoms with E-state index in [-0.39, 0.29) is 18.9 Å². The highest BCUT2D eigenvalue weighted by Crippen LogP contribution is 2.27. The van der Waals surface area contributed by atoms with Gasteiger partial charge in [0.15, 0.2) is 0 Å². The summed E-state index contributed by atoms with van der Waals surface area (Å²) in [6.07, 6.45) is 1.17. The number of carbonyl (C=O) groups is 2. The van der Waals surface area contributed by atoms with E-state index in [0.29, 0.717) is 5.92 Å². The summed E-state index contributed by atoms with van der Waals surface area (Å²) >= 11 is 0. The van der Waals surface area contributed by atoms with Crippen LogP contribution in [0.25, 0.3) is 0 Å². The van der Waals surface area contributed by atoms with Gasteiger partial charge in [0.05, 0.1) is 5.92 Å². The zero-order chi connectivity index (χ0) is 14.0. The van der Waals surface area contributed by atoms with Crippen LogP contribution >= 0.6 is 0 Å². The number of carboxylic acid groups (broad SMARTS) is 1. The molecule has 4 heteroatoms. The van der Waals surface area contributed by atoms with Crippen molar-refractivity contribution in [3.63, 3.8) is 0 Å². The van der Waals surface area contributed by atoms with Crippen LogP contribution in [0.3, 0.4) is 0 Å². The zero-order valence-corrected chi connectivity index (χ0v) is 11.3. The summed E-state index contributed by atoms with van der Waals surface area (Å²) in [5.74, 6) is -1.09.